The van der Waals surface area contributed by atoms with Crippen molar-refractivity contribution < 1.29 is 23.4 Å². The van der Waals surface area contributed by atoms with Crippen LogP contribution in [0.2, 0.25) is 0 Å². The molecule has 0 aliphatic carbocycles. The summed E-state index contributed by atoms with van der Waals surface area (Å²) in [6.45, 7) is 0.998. The van der Waals surface area contributed by atoms with Gasteiger partial charge in [0.25, 0.3) is 5.91 Å². The fraction of sp³-hybridized carbons (Fsp3) is 0.588. The maximum absolute atomic E-state index is 13.0. The highest BCUT2D eigenvalue weighted by Gasteiger charge is 2.36. The zero-order valence-electron chi connectivity index (χ0n) is 14.1. The van der Waals surface area contributed by atoms with Gasteiger partial charge in [0.2, 0.25) is 0 Å². The van der Waals surface area contributed by atoms with Crippen molar-refractivity contribution in [2.24, 2.45) is 0 Å². The number of anilines is 1. The monoisotopic (exact) mass is 368 g/mol. The van der Waals surface area contributed by atoms with Gasteiger partial charge in [0.1, 0.15) is 5.60 Å². The maximum Gasteiger partial charge on any atom is 0.256 e. The summed E-state index contributed by atoms with van der Waals surface area (Å²) in [7, 11) is -2.99. The van der Waals surface area contributed by atoms with E-state index < -0.39 is 15.4 Å². The molecule has 7 nitrogen and oxygen atoms in total. The van der Waals surface area contributed by atoms with Crippen LogP contribution in [0.1, 0.15) is 23.2 Å². The second-order valence-corrected chi connectivity index (χ2v) is 9.17. The van der Waals surface area contributed by atoms with Crippen LogP contribution in [0.5, 0.6) is 0 Å². The Morgan fingerprint density at radius 1 is 1.16 bits per heavy atom. The molecular formula is C17H24N2O5S. The molecule has 0 spiro atoms. The zero-order valence-corrected chi connectivity index (χ0v) is 14.9. The van der Waals surface area contributed by atoms with E-state index in [0.29, 0.717) is 38.0 Å². The van der Waals surface area contributed by atoms with Crippen molar-refractivity contribution in [2.75, 3.05) is 49.2 Å². The molecule has 25 heavy (non-hydrogen) atoms. The van der Waals surface area contributed by atoms with Crippen molar-refractivity contribution in [3.05, 3.63) is 29.8 Å². The number of hydrogen-bond acceptors (Lipinski definition) is 6. The van der Waals surface area contributed by atoms with Gasteiger partial charge in [-0.2, -0.15) is 0 Å². The third kappa shape index (κ3) is 3.96. The van der Waals surface area contributed by atoms with Crippen LogP contribution in [0.4, 0.5) is 5.69 Å². The average molecular weight is 368 g/mol. The number of amides is 1. The summed E-state index contributed by atoms with van der Waals surface area (Å²) in [5.74, 6) is -0.0249. The number of aliphatic hydroxyl groups is 2. The minimum atomic E-state index is -2.99. The highest BCUT2D eigenvalue weighted by atomic mass is 32.2. The molecule has 2 saturated heterocycles. The number of benzene rings is 1. The lowest BCUT2D eigenvalue weighted by molar-refractivity contribution is -0.0598. The predicted octanol–water partition coefficient (Wildman–Crippen LogP) is -0.119. The van der Waals surface area contributed by atoms with Crippen LogP contribution in [0.3, 0.4) is 0 Å². The quantitative estimate of drug-likeness (QED) is 0.772. The van der Waals surface area contributed by atoms with Gasteiger partial charge in [-0.05, 0) is 25.0 Å². The number of carbonyl (C=O) groups excluding carboxylic acids is 1. The molecule has 1 aromatic carbocycles. The first-order valence-electron chi connectivity index (χ1n) is 8.50. The Kier molecular flexibility index (Phi) is 5.04. The smallest absolute Gasteiger partial charge is 0.256 e. The predicted molar refractivity (Wildman–Crippen MR) is 94.5 cm³/mol. The first kappa shape index (κ1) is 18.2. The summed E-state index contributed by atoms with van der Waals surface area (Å²) < 4.78 is 23.3. The fourth-order valence-electron chi connectivity index (χ4n) is 3.47. The molecule has 1 aromatic rings. The number of carbonyl (C=O) groups is 1. The summed E-state index contributed by atoms with van der Waals surface area (Å²) in [4.78, 5) is 16.5. The summed E-state index contributed by atoms with van der Waals surface area (Å²) >= 11 is 0. The van der Waals surface area contributed by atoms with Crippen LogP contribution in [0, 0.1) is 0 Å². The minimum Gasteiger partial charge on any atom is -0.393 e. The average Bonchev–Trinajstić information content (AvgIpc) is 2.61. The molecule has 1 unspecified atom stereocenters. The molecule has 138 valence electrons. The topological polar surface area (TPSA) is 98.2 Å². The van der Waals surface area contributed by atoms with Gasteiger partial charge in [0, 0.05) is 25.3 Å². The van der Waals surface area contributed by atoms with E-state index >= 15 is 0 Å². The summed E-state index contributed by atoms with van der Waals surface area (Å²) in [5.41, 5.74) is -0.0216. The van der Waals surface area contributed by atoms with Crippen LogP contribution >= 0.6 is 0 Å². The van der Waals surface area contributed by atoms with Crippen LogP contribution in [0.25, 0.3) is 0 Å². The molecule has 0 saturated carbocycles. The van der Waals surface area contributed by atoms with Crippen molar-refractivity contribution in [1.82, 2.24) is 4.90 Å². The third-order valence-corrected chi connectivity index (χ3v) is 6.57. The number of aliphatic hydroxyl groups excluding tert-OH is 1. The van der Waals surface area contributed by atoms with Gasteiger partial charge in [-0.1, -0.05) is 12.1 Å². The van der Waals surface area contributed by atoms with Crippen molar-refractivity contribution in [3.63, 3.8) is 0 Å². The van der Waals surface area contributed by atoms with Crippen LogP contribution < -0.4 is 4.90 Å². The van der Waals surface area contributed by atoms with Crippen LogP contribution in [0.15, 0.2) is 24.3 Å². The van der Waals surface area contributed by atoms with E-state index in [-0.39, 0.29) is 30.6 Å². The van der Waals surface area contributed by atoms with Gasteiger partial charge >= 0.3 is 0 Å². The first-order chi connectivity index (χ1) is 11.8. The van der Waals surface area contributed by atoms with Gasteiger partial charge < -0.3 is 20.0 Å². The lowest BCUT2D eigenvalue weighted by Crippen LogP contribution is -2.52. The largest absolute Gasteiger partial charge is 0.393 e. The molecule has 0 radical (unpaired) electrons. The Morgan fingerprint density at radius 2 is 1.84 bits per heavy atom. The summed E-state index contributed by atoms with van der Waals surface area (Å²) in [6.07, 6.45) is 1.10. The van der Waals surface area contributed by atoms with E-state index in [0.717, 1.165) is 5.69 Å². The van der Waals surface area contributed by atoms with E-state index in [9.17, 15) is 23.4 Å². The Morgan fingerprint density at radius 3 is 2.52 bits per heavy atom. The van der Waals surface area contributed by atoms with Crippen molar-refractivity contribution in [3.8, 4) is 0 Å². The van der Waals surface area contributed by atoms with Gasteiger partial charge in [-0.3, -0.25) is 4.79 Å². The van der Waals surface area contributed by atoms with Crippen molar-refractivity contribution in [1.29, 1.82) is 0 Å². The van der Waals surface area contributed by atoms with E-state index in [4.69, 9.17) is 0 Å². The fourth-order valence-corrected chi connectivity index (χ4v) is 4.67. The molecule has 1 atom stereocenters. The Balaban J connectivity index is 1.82. The Hall–Kier alpha value is -1.64. The number of piperidine rings is 1. The van der Waals surface area contributed by atoms with Gasteiger partial charge in [-0.15, -0.1) is 0 Å². The molecule has 2 aliphatic rings. The molecule has 2 aliphatic heterocycles. The lowest BCUT2D eigenvalue weighted by Gasteiger charge is -2.39. The standard InChI is InChI=1S/C17H24N2O5S/c20-13-17(22)6-3-7-19(12-17)16(21)14-4-1-2-5-15(14)18-8-10-25(23,24)11-9-18/h1-2,4-5,20,22H,3,6-13H2. The third-order valence-electron chi connectivity index (χ3n) is 4.96. The van der Waals surface area contributed by atoms with E-state index in [2.05, 4.69) is 0 Å². The number of β-amino-alcohol motifs (C(OH)–C–C–N with tert-alkyl or cyclic N) is 1. The molecule has 8 heteroatoms. The highest BCUT2D eigenvalue weighted by Crippen LogP contribution is 2.27. The summed E-state index contributed by atoms with van der Waals surface area (Å²) in [6, 6.07) is 7.16. The van der Waals surface area contributed by atoms with Crippen LogP contribution in [-0.4, -0.2) is 79.3 Å². The number of hydrogen-bond donors (Lipinski definition) is 2. The highest BCUT2D eigenvalue weighted by molar-refractivity contribution is 7.91. The number of nitrogens with zero attached hydrogens (tertiary/aromatic N) is 2. The second-order valence-electron chi connectivity index (χ2n) is 6.87. The second kappa shape index (κ2) is 6.93. The van der Waals surface area contributed by atoms with Crippen LogP contribution in [-0.2, 0) is 9.84 Å². The Labute approximate surface area is 147 Å². The summed E-state index contributed by atoms with van der Waals surface area (Å²) in [5, 5.41) is 19.7. The lowest BCUT2D eigenvalue weighted by atomic mass is 9.93. The zero-order chi connectivity index (χ0) is 18.1. The van der Waals surface area contributed by atoms with Gasteiger partial charge in [-0.25, -0.2) is 8.42 Å². The molecule has 2 heterocycles. The molecule has 2 fully saturated rings. The van der Waals surface area contributed by atoms with E-state index in [1.165, 1.54) is 0 Å². The van der Waals surface area contributed by atoms with E-state index in [1.807, 2.05) is 17.0 Å². The maximum atomic E-state index is 13.0. The van der Waals surface area contributed by atoms with Crippen molar-refractivity contribution >= 4 is 21.4 Å². The number of likely N-dealkylation sites (tertiary alicyclic amines) is 1. The number of sulfone groups is 1. The normalized spacial score (nSPS) is 26.5. The SMILES string of the molecule is O=C(c1ccccc1N1CCS(=O)(=O)CC1)N1CCCC(O)(CO)C1. The molecule has 2 N–H and O–H groups in total. The molecule has 0 aromatic heterocycles. The molecule has 1 amide bonds. The van der Waals surface area contributed by atoms with Gasteiger partial charge in [0.15, 0.2) is 9.84 Å². The van der Waals surface area contributed by atoms with Gasteiger partial charge in [0.05, 0.1) is 30.2 Å². The Bertz CT molecular complexity index is 737. The number of para-hydroxylation sites is 1. The number of rotatable bonds is 3. The molecule has 0 bridgehead atoms. The van der Waals surface area contributed by atoms with E-state index in [1.54, 1.807) is 17.0 Å². The first-order valence-corrected chi connectivity index (χ1v) is 10.3. The minimum absolute atomic E-state index is 0.0868. The molecular weight excluding hydrogens is 344 g/mol. The molecule has 3 rings (SSSR count). The van der Waals surface area contributed by atoms with Crippen molar-refractivity contribution in [2.45, 2.75) is 18.4 Å².